The van der Waals surface area contributed by atoms with Gasteiger partial charge in [-0.15, -0.1) is 0 Å². The fraction of sp³-hybridized carbons (Fsp3) is 0.278. The molecule has 0 saturated heterocycles. The van der Waals surface area contributed by atoms with Gasteiger partial charge in [-0.3, -0.25) is 10.1 Å². The number of nitro groups is 1. The summed E-state index contributed by atoms with van der Waals surface area (Å²) >= 11 is 0. The predicted octanol–water partition coefficient (Wildman–Crippen LogP) is 2.68. The second-order valence-corrected chi connectivity index (χ2v) is 5.40. The van der Waals surface area contributed by atoms with Gasteiger partial charge in [0.2, 0.25) is 0 Å². The van der Waals surface area contributed by atoms with E-state index in [4.69, 9.17) is 9.47 Å². The first-order valence-corrected chi connectivity index (χ1v) is 7.96. The van der Waals surface area contributed by atoms with Crippen molar-refractivity contribution in [2.24, 2.45) is 0 Å². The zero-order valence-corrected chi connectivity index (χ0v) is 14.4. The van der Waals surface area contributed by atoms with Crippen LogP contribution in [0.4, 0.5) is 11.4 Å². The molecule has 0 bridgehead atoms. The second-order valence-electron chi connectivity index (χ2n) is 5.40. The molecular weight excluding hydrogens is 340 g/mol. The summed E-state index contributed by atoms with van der Waals surface area (Å²) in [5, 5.41) is 24.3. The van der Waals surface area contributed by atoms with Crippen LogP contribution in [0.25, 0.3) is 0 Å². The number of methoxy groups -OCH3 is 1. The Morgan fingerprint density at radius 3 is 2.31 bits per heavy atom. The van der Waals surface area contributed by atoms with Gasteiger partial charge in [-0.05, 0) is 36.8 Å². The molecule has 0 aliphatic heterocycles. The minimum absolute atomic E-state index is 0.0810. The zero-order valence-electron chi connectivity index (χ0n) is 14.4. The maximum atomic E-state index is 12.0. The number of ether oxygens (including phenoxy) is 2. The predicted molar refractivity (Wildman–Crippen MR) is 95.1 cm³/mol. The number of anilines is 1. The number of hydrogen-bond acceptors (Lipinski definition) is 7. The molecule has 0 unspecified atom stereocenters. The summed E-state index contributed by atoms with van der Waals surface area (Å²) in [7, 11) is 1.55. The Morgan fingerprint density at radius 2 is 1.81 bits per heavy atom. The lowest BCUT2D eigenvalue weighted by molar-refractivity contribution is -0.384. The molecule has 2 aromatic carbocycles. The van der Waals surface area contributed by atoms with Gasteiger partial charge in [0.15, 0.2) is 6.10 Å². The van der Waals surface area contributed by atoms with E-state index in [9.17, 15) is 20.0 Å². The van der Waals surface area contributed by atoms with Gasteiger partial charge < -0.3 is 19.9 Å². The molecule has 138 valence electrons. The average molecular weight is 360 g/mol. The number of benzene rings is 2. The highest BCUT2D eigenvalue weighted by Crippen LogP contribution is 2.26. The average Bonchev–Trinajstić information content (AvgIpc) is 2.66. The van der Waals surface area contributed by atoms with Crippen molar-refractivity contribution in [3.63, 3.8) is 0 Å². The molecule has 0 radical (unpaired) electrons. The maximum Gasteiger partial charge on any atom is 0.337 e. The number of esters is 1. The van der Waals surface area contributed by atoms with E-state index in [0.29, 0.717) is 17.0 Å². The fourth-order valence-electron chi connectivity index (χ4n) is 2.38. The highest BCUT2D eigenvalue weighted by molar-refractivity contribution is 5.76. The summed E-state index contributed by atoms with van der Waals surface area (Å²) in [6.45, 7) is 1.77. The lowest BCUT2D eigenvalue weighted by Gasteiger charge is -2.24. The summed E-state index contributed by atoms with van der Waals surface area (Å²) in [5.41, 5.74) is 1.06. The molecule has 8 nitrogen and oxygen atoms in total. The third-order valence-electron chi connectivity index (χ3n) is 3.72. The molecule has 8 heteroatoms. The van der Waals surface area contributed by atoms with E-state index < -0.39 is 23.0 Å². The summed E-state index contributed by atoms with van der Waals surface area (Å²) in [6, 6.07) is 11.7. The molecule has 2 rings (SSSR count). The molecule has 26 heavy (non-hydrogen) atoms. The van der Waals surface area contributed by atoms with Gasteiger partial charge in [0, 0.05) is 17.8 Å². The normalized spacial score (nSPS) is 12.7. The Labute approximate surface area is 150 Å². The standard InChI is InChI=1S/C18H20N2O6/c1-3-26-18(22)17(21)16(12-4-8-14(9-5-12)20(23)24)19-13-6-10-15(25-2)11-7-13/h4-11,16-17,19,21H,3H2,1-2H3/t16-,17-/m0/s1. The fourth-order valence-corrected chi connectivity index (χ4v) is 2.38. The Morgan fingerprint density at radius 1 is 1.19 bits per heavy atom. The monoisotopic (exact) mass is 360 g/mol. The Hall–Kier alpha value is -3.13. The van der Waals surface area contributed by atoms with Gasteiger partial charge >= 0.3 is 5.97 Å². The quantitative estimate of drug-likeness (QED) is 0.423. The van der Waals surface area contributed by atoms with Crippen LogP contribution < -0.4 is 10.1 Å². The van der Waals surface area contributed by atoms with Crippen LogP contribution in [0.3, 0.4) is 0 Å². The van der Waals surface area contributed by atoms with Crippen LogP contribution in [0.2, 0.25) is 0 Å². The first kappa shape index (κ1) is 19.2. The Bertz CT molecular complexity index is 745. The Balaban J connectivity index is 2.30. The number of nitrogens with zero attached hydrogens (tertiary/aromatic N) is 1. The first-order valence-electron chi connectivity index (χ1n) is 7.96. The van der Waals surface area contributed by atoms with Crippen LogP contribution in [-0.4, -0.2) is 35.8 Å². The van der Waals surface area contributed by atoms with E-state index in [2.05, 4.69) is 5.32 Å². The molecular formula is C18H20N2O6. The number of aliphatic hydroxyl groups is 1. The van der Waals surface area contributed by atoms with Crippen molar-refractivity contribution in [2.45, 2.75) is 19.1 Å². The molecule has 0 aromatic heterocycles. The molecule has 0 fully saturated rings. The lowest BCUT2D eigenvalue weighted by Crippen LogP contribution is -2.34. The van der Waals surface area contributed by atoms with Crippen LogP contribution in [-0.2, 0) is 9.53 Å². The number of aliphatic hydroxyl groups excluding tert-OH is 1. The number of rotatable bonds is 8. The number of non-ortho nitro benzene ring substituents is 1. The highest BCUT2D eigenvalue weighted by atomic mass is 16.6. The van der Waals surface area contributed by atoms with Crippen molar-refractivity contribution >= 4 is 17.3 Å². The van der Waals surface area contributed by atoms with Gasteiger partial charge in [0.05, 0.1) is 24.7 Å². The number of nitrogens with one attached hydrogen (secondary N) is 1. The smallest absolute Gasteiger partial charge is 0.337 e. The van der Waals surface area contributed by atoms with E-state index in [-0.39, 0.29) is 12.3 Å². The first-order chi connectivity index (χ1) is 12.5. The number of carbonyl (C=O) groups excluding carboxylic acids is 1. The van der Waals surface area contributed by atoms with Crippen LogP contribution in [0.5, 0.6) is 5.75 Å². The number of carbonyl (C=O) groups is 1. The van der Waals surface area contributed by atoms with E-state index >= 15 is 0 Å². The van der Waals surface area contributed by atoms with Crippen LogP contribution in [0.15, 0.2) is 48.5 Å². The van der Waals surface area contributed by atoms with Gasteiger partial charge in [-0.2, -0.15) is 0 Å². The molecule has 0 saturated carbocycles. The van der Waals surface area contributed by atoms with Gasteiger partial charge in [0.1, 0.15) is 5.75 Å². The molecule has 2 atom stereocenters. The molecule has 0 heterocycles. The summed E-state index contributed by atoms with van der Waals surface area (Å²) < 4.78 is 9.98. The highest BCUT2D eigenvalue weighted by Gasteiger charge is 2.29. The van der Waals surface area contributed by atoms with Crippen molar-refractivity contribution in [1.82, 2.24) is 0 Å². The molecule has 0 aliphatic rings. The van der Waals surface area contributed by atoms with Gasteiger partial charge in [-0.25, -0.2) is 4.79 Å². The third-order valence-corrected chi connectivity index (χ3v) is 3.72. The van der Waals surface area contributed by atoms with Gasteiger partial charge in [0.25, 0.3) is 5.69 Å². The van der Waals surface area contributed by atoms with Crippen LogP contribution in [0.1, 0.15) is 18.5 Å². The zero-order chi connectivity index (χ0) is 19.1. The van der Waals surface area contributed by atoms with E-state index in [0.717, 1.165) is 0 Å². The number of nitro benzene ring substituents is 1. The van der Waals surface area contributed by atoms with Crippen LogP contribution in [0, 0.1) is 10.1 Å². The molecule has 0 spiro atoms. The summed E-state index contributed by atoms with van der Waals surface area (Å²) in [5.74, 6) is -0.120. The second kappa shape index (κ2) is 8.82. The largest absolute Gasteiger partial charge is 0.497 e. The minimum atomic E-state index is -1.49. The van der Waals surface area contributed by atoms with E-state index in [1.165, 1.54) is 24.3 Å². The molecule has 2 aromatic rings. The van der Waals surface area contributed by atoms with E-state index in [1.54, 1.807) is 38.3 Å². The summed E-state index contributed by atoms with van der Waals surface area (Å²) in [6.07, 6.45) is -1.49. The van der Waals surface area contributed by atoms with E-state index in [1.807, 2.05) is 0 Å². The van der Waals surface area contributed by atoms with Crippen molar-refractivity contribution < 1.29 is 24.3 Å². The minimum Gasteiger partial charge on any atom is -0.497 e. The van der Waals surface area contributed by atoms with Crippen LogP contribution >= 0.6 is 0 Å². The van der Waals surface area contributed by atoms with Crippen molar-refractivity contribution in [1.29, 1.82) is 0 Å². The van der Waals surface area contributed by atoms with Gasteiger partial charge in [-0.1, -0.05) is 12.1 Å². The van der Waals surface area contributed by atoms with Crippen molar-refractivity contribution in [2.75, 3.05) is 19.0 Å². The third kappa shape index (κ3) is 4.70. The Kier molecular flexibility index (Phi) is 6.51. The topological polar surface area (TPSA) is 111 Å². The maximum absolute atomic E-state index is 12.0. The SMILES string of the molecule is CCOC(=O)[C@@H](O)[C@@H](Nc1ccc(OC)cc1)c1ccc([N+](=O)[O-])cc1. The summed E-state index contributed by atoms with van der Waals surface area (Å²) in [4.78, 5) is 22.3. The molecule has 0 aliphatic carbocycles. The van der Waals surface area contributed by atoms with Crippen molar-refractivity contribution in [3.05, 3.63) is 64.2 Å². The van der Waals surface area contributed by atoms with Crippen molar-refractivity contribution in [3.8, 4) is 5.75 Å². The molecule has 2 N–H and O–H groups in total. The lowest BCUT2D eigenvalue weighted by atomic mass is 10.0. The molecule has 0 amide bonds. The number of hydrogen-bond donors (Lipinski definition) is 2.